The minimum Gasteiger partial charge on any atom is -0.323 e. The van der Waals surface area contributed by atoms with Gasteiger partial charge in [-0.15, -0.1) is 0 Å². The minimum absolute atomic E-state index is 0.228. The Balaban J connectivity index is 0. The van der Waals surface area contributed by atoms with Crippen molar-refractivity contribution in [1.82, 2.24) is 5.32 Å². The molecule has 0 amide bonds. The first-order valence-corrected chi connectivity index (χ1v) is 6.73. The summed E-state index contributed by atoms with van der Waals surface area (Å²) in [4.78, 5) is 0. The van der Waals surface area contributed by atoms with Crippen molar-refractivity contribution >= 4 is 10.1 Å². The molecule has 0 saturated carbocycles. The number of rotatable bonds is 6. The summed E-state index contributed by atoms with van der Waals surface area (Å²) in [5.74, 6) is -4.74. The zero-order valence-electron chi connectivity index (χ0n) is 10.5. The van der Waals surface area contributed by atoms with Gasteiger partial charge in [0.15, 0.2) is 0 Å². The molecule has 0 aliphatic rings. The molecule has 0 fully saturated rings. The average Bonchev–Trinajstić information content (AvgIpc) is 2.17. The normalized spacial score (nSPS) is 12.9. The molecule has 0 spiro atoms. The molecule has 0 rings (SSSR count). The molecular formula is C9H19F4NO3S. The third kappa shape index (κ3) is 5.96. The van der Waals surface area contributed by atoms with Gasteiger partial charge in [0.05, 0.1) is 0 Å². The monoisotopic (exact) mass is 297 g/mol. The van der Waals surface area contributed by atoms with Gasteiger partial charge in [-0.05, 0) is 20.5 Å². The Morgan fingerprint density at radius 1 is 1.11 bits per heavy atom. The van der Waals surface area contributed by atoms with E-state index in [2.05, 4.69) is 5.32 Å². The summed E-state index contributed by atoms with van der Waals surface area (Å²) < 4.78 is 78.7. The first-order valence-electron chi connectivity index (χ1n) is 5.29. The molecule has 0 unspecified atom stereocenters. The van der Waals surface area contributed by atoms with Crippen LogP contribution >= 0.6 is 0 Å². The van der Waals surface area contributed by atoms with E-state index in [1.54, 1.807) is 6.92 Å². The molecule has 0 aliphatic carbocycles. The van der Waals surface area contributed by atoms with Crippen LogP contribution in [-0.2, 0) is 10.1 Å². The molecule has 0 aromatic rings. The van der Waals surface area contributed by atoms with E-state index >= 15 is 0 Å². The van der Waals surface area contributed by atoms with Gasteiger partial charge < -0.3 is 5.32 Å². The Kier molecular flexibility index (Phi) is 8.74. The minimum atomic E-state index is -6.08. The third-order valence-corrected chi connectivity index (χ3v) is 2.79. The summed E-state index contributed by atoms with van der Waals surface area (Å²) in [6, 6.07) is 0. The predicted octanol–water partition coefficient (Wildman–Crippen LogP) is 2.52. The number of hydrogen-bond donors (Lipinski definition) is 2. The number of alkyl halides is 4. The third-order valence-electron chi connectivity index (χ3n) is 1.84. The molecule has 0 atom stereocenters. The maximum absolute atomic E-state index is 12.7. The van der Waals surface area contributed by atoms with Crippen molar-refractivity contribution in [2.45, 2.75) is 43.8 Å². The highest BCUT2D eigenvalue weighted by Crippen LogP contribution is 2.41. The first-order chi connectivity index (χ1) is 7.97. The Hall–Kier alpha value is -0.410. The van der Waals surface area contributed by atoms with Crippen LogP contribution in [0.2, 0.25) is 0 Å². The van der Waals surface area contributed by atoms with E-state index in [0.717, 1.165) is 0 Å². The van der Waals surface area contributed by atoms with Crippen molar-refractivity contribution in [3.05, 3.63) is 0 Å². The Bertz CT molecular complexity index is 320. The molecule has 0 radical (unpaired) electrons. The zero-order valence-corrected chi connectivity index (χ0v) is 11.3. The van der Waals surface area contributed by atoms with Gasteiger partial charge in [-0.2, -0.15) is 26.0 Å². The molecule has 0 aromatic heterocycles. The second-order valence-electron chi connectivity index (χ2n) is 3.65. The van der Waals surface area contributed by atoms with E-state index in [1.807, 2.05) is 14.1 Å². The lowest BCUT2D eigenvalue weighted by Crippen LogP contribution is -2.46. The Labute approximate surface area is 105 Å². The number of halogens is 4. The molecular weight excluding hydrogens is 278 g/mol. The highest BCUT2D eigenvalue weighted by Gasteiger charge is 2.64. The van der Waals surface area contributed by atoms with E-state index in [0.29, 0.717) is 6.42 Å². The highest BCUT2D eigenvalue weighted by molar-refractivity contribution is 7.87. The summed E-state index contributed by atoms with van der Waals surface area (Å²) in [7, 11) is -2.33. The molecule has 2 N–H and O–H groups in total. The van der Waals surface area contributed by atoms with E-state index in [9.17, 15) is 26.0 Å². The number of nitrogens with one attached hydrogen (secondary N) is 1. The number of unbranched alkanes of at least 4 members (excludes halogenated alkanes) is 2. The molecule has 0 bridgehead atoms. The summed E-state index contributed by atoms with van der Waals surface area (Å²) in [6.07, 6.45) is -0.674. The van der Waals surface area contributed by atoms with Crippen LogP contribution in [0, 0.1) is 0 Å². The lowest BCUT2D eigenvalue weighted by molar-refractivity contribution is -0.164. The van der Waals surface area contributed by atoms with Crippen LogP contribution in [0.25, 0.3) is 0 Å². The molecule has 4 nitrogen and oxygen atoms in total. The van der Waals surface area contributed by atoms with Gasteiger partial charge in [0, 0.05) is 6.42 Å². The van der Waals surface area contributed by atoms with Crippen LogP contribution in [0.1, 0.15) is 32.6 Å². The highest BCUT2D eigenvalue weighted by atomic mass is 32.2. The van der Waals surface area contributed by atoms with Gasteiger partial charge in [0.2, 0.25) is 0 Å². The summed E-state index contributed by atoms with van der Waals surface area (Å²) in [5, 5.41) is -2.67. The van der Waals surface area contributed by atoms with Crippen LogP contribution in [0.15, 0.2) is 0 Å². The van der Waals surface area contributed by atoms with E-state index < -0.39 is 27.7 Å². The molecule has 112 valence electrons. The molecule has 0 saturated heterocycles. The largest absolute Gasteiger partial charge is 0.431 e. The first kappa shape index (κ1) is 19.9. The van der Waals surface area contributed by atoms with Crippen LogP contribution in [-0.4, -0.2) is 38.2 Å². The molecule has 18 heavy (non-hydrogen) atoms. The van der Waals surface area contributed by atoms with Crippen LogP contribution < -0.4 is 5.32 Å². The molecule has 9 heteroatoms. The lowest BCUT2D eigenvalue weighted by atomic mass is 10.1. The van der Waals surface area contributed by atoms with Crippen molar-refractivity contribution in [3.8, 4) is 0 Å². The maximum atomic E-state index is 12.7. The van der Waals surface area contributed by atoms with Gasteiger partial charge >= 0.3 is 21.3 Å². The Morgan fingerprint density at radius 2 is 1.50 bits per heavy atom. The van der Waals surface area contributed by atoms with Crippen LogP contribution in [0.5, 0.6) is 0 Å². The van der Waals surface area contributed by atoms with Crippen molar-refractivity contribution in [2.75, 3.05) is 14.1 Å². The van der Waals surface area contributed by atoms with Gasteiger partial charge in [-0.25, -0.2) is 0 Å². The fourth-order valence-corrected chi connectivity index (χ4v) is 1.41. The zero-order chi connectivity index (χ0) is 15.0. The quantitative estimate of drug-likeness (QED) is 0.449. The van der Waals surface area contributed by atoms with Gasteiger partial charge in [0.25, 0.3) is 0 Å². The maximum Gasteiger partial charge on any atom is 0.431 e. The SMILES string of the molecule is CCCCCC(F)(F)C(F)(F)S(=O)(=O)O.CNC. The van der Waals surface area contributed by atoms with Crippen molar-refractivity contribution in [1.29, 1.82) is 0 Å². The van der Waals surface area contributed by atoms with Crippen LogP contribution in [0.3, 0.4) is 0 Å². The van der Waals surface area contributed by atoms with Gasteiger partial charge in [-0.3, -0.25) is 4.55 Å². The van der Waals surface area contributed by atoms with E-state index in [4.69, 9.17) is 4.55 Å². The Morgan fingerprint density at radius 3 is 1.78 bits per heavy atom. The molecule has 0 aromatic carbocycles. The summed E-state index contributed by atoms with van der Waals surface area (Å²) in [5.41, 5.74) is 0. The fourth-order valence-electron chi connectivity index (χ4n) is 0.931. The standard InChI is InChI=1S/C7H12F4O3S.C2H7N/c1-2-3-4-5-6(8,9)7(10,11)15(12,13)14;1-3-2/h2-5H2,1H3,(H,12,13,14);3H,1-2H3. The molecule has 0 heterocycles. The topological polar surface area (TPSA) is 66.4 Å². The lowest BCUT2D eigenvalue weighted by Gasteiger charge is -2.23. The smallest absolute Gasteiger partial charge is 0.323 e. The van der Waals surface area contributed by atoms with Crippen molar-refractivity contribution in [2.24, 2.45) is 0 Å². The average molecular weight is 297 g/mol. The number of hydrogen-bond acceptors (Lipinski definition) is 3. The van der Waals surface area contributed by atoms with Crippen molar-refractivity contribution < 1.29 is 30.5 Å². The predicted molar refractivity (Wildman–Crippen MR) is 60.6 cm³/mol. The van der Waals surface area contributed by atoms with E-state index in [1.165, 1.54) is 0 Å². The second-order valence-corrected chi connectivity index (χ2v) is 5.12. The second kappa shape index (κ2) is 7.90. The van der Waals surface area contributed by atoms with Gasteiger partial charge in [-0.1, -0.05) is 19.8 Å². The summed E-state index contributed by atoms with van der Waals surface area (Å²) >= 11 is 0. The van der Waals surface area contributed by atoms with E-state index in [-0.39, 0.29) is 12.8 Å². The van der Waals surface area contributed by atoms with Gasteiger partial charge in [0.1, 0.15) is 0 Å². The van der Waals surface area contributed by atoms with Crippen molar-refractivity contribution in [3.63, 3.8) is 0 Å². The fraction of sp³-hybridized carbons (Fsp3) is 1.00. The summed E-state index contributed by atoms with van der Waals surface area (Å²) in [6.45, 7) is 1.68. The van der Waals surface area contributed by atoms with Crippen LogP contribution in [0.4, 0.5) is 17.6 Å². The molecule has 0 aliphatic heterocycles.